The van der Waals surface area contributed by atoms with Crippen molar-refractivity contribution in [2.24, 2.45) is 0 Å². The van der Waals surface area contributed by atoms with E-state index < -0.39 is 4.92 Å². The van der Waals surface area contributed by atoms with Crippen LogP contribution in [0.3, 0.4) is 0 Å². The second-order valence-electron chi connectivity index (χ2n) is 5.64. The van der Waals surface area contributed by atoms with Crippen LogP contribution in [-0.4, -0.2) is 37.1 Å². The Morgan fingerprint density at radius 3 is 2.62 bits per heavy atom. The Morgan fingerprint density at radius 1 is 1.23 bits per heavy atom. The molecule has 1 aliphatic rings. The fraction of sp³-hybridized carbons (Fsp3) is 0.235. The molecule has 0 aliphatic carbocycles. The van der Waals surface area contributed by atoms with Gasteiger partial charge in [-0.3, -0.25) is 14.9 Å². The van der Waals surface area contributed by atoms with Crippen molar-refractivity contribution in [1.82, 2.24) is 0 Å². The van der Waals surface area contributed by atoms with E-state index >= 15 is 0 Å². The molecule has 0 unspecified atom stereocenters. The average Bonchev–Trinajstić information content (AvgIpc) is 2.64. The summed E-state index contributed by atoms with van der Waals surface area (Å²) in [6.45, 7) is 2.38. The molecule has 0 bridgehead atoms. The number of non-ortho nitro benzene ring substituents is 1. The van der Waals surface area contributed by atoms with Gasteiger partial charge < -0.3 is 15.0 Å². The zero-order valence-electron chi connectivity index (χ0n) is 13.6. The van der Waals surface area contributed by atoms with E-state index in [1.165, 1.54) is 12.1 Å². The predicted octanol–water partition coefficient (Wildman–Crippen LogP) is 4.05. The van der Waals surface area contributed by atoms with Crippen molar-refractivity contribution in [3.05, 3.63) is 60.1 Å². The number of amides is 1. The Labute approximate surface area is 172 Å². The summed E-state index contributed by atoms with van der Waals surface area (Å²) in [7, 11) is 0. The molecule has 26 heavy (non-hydrogen) atoms. The lowest BCUT2D eigenvalue weighted by Gasteiger charge is -2.30. The topological polar surface area (TPSA) is 84.7 Å². The van der Waals surface area contributed by atoms with Crippen LogP contribution >= 0.6 is 38.5 Å². The van der Waals surface area contributed by atoms with Crippen LogP contribution in [0.25, 0.3) is 0 Å². The Balaban J connectivity index is 1.95. The SMILES string of the molecule is O=C(Nc1ccc(Br)cc1I)c1cc([N+](=O)[O-])ccc1N1CCOCC1. The van der Waals surface area contributed by atoms with Gasteiger partial charge in [0.2, 0.25) is 0 Å². The number of nitro benzene ring substituents is 1. The molecule has 1 heterocycles. The van der Waals surface area contributed by atoms with Gasteiger partial charge in [0.05, 0.1) is 35.1 Å². The molecular weight excluding hydrogens is 517 g/mol. The molecule has 136 valence electrons. The first kappa shape index (κ1) is 19.1. The van der Waals surface area contributed by atoms with Crippen molar-refractivity contribution in [3.8, 4) is 0 Å². The molecule has 0 spiro atoms. The van der Waals surface area contributed by atoms with Gasteiger partial charge in [0.15, 0.2) is 0 Å². The molecule has 0 atom stereocenters. The molecule has 1 saturated heterocycles. The highest BCUT2D eigenvalue weighted by Gasteiger charge is 2.22. The monoisotopic (exact) mass is 531 g/mol. The molecule has 2 aromatic carbocycles. The standard InChI is InChI=1S/C17H15BrIN3O4/c18-11-1-3-15(14(19)9-11)20-17(23)13-10-12(22(24)25)2-4-16(13)21-5-7-26-8-6-21/h1-4,9-10H,5-8H2,(H,20,23). The third-order valence-electron chi connectivity index (χ3n) is 3.97. The number of rotatable bonds is 4. The van der Waals surface area contributed by atoms with Crippen LogP contribution in [0, 0.1) is 13.7 Å². The summed E-state index contributed by atoms with van der Waals surface area (Å²) in [4.78, 5) is 25.5. The number of carbonyl (C=O) groups is 1. The van der Waals surface area contributed by atoms with Crippen molar-refractivity contribution >= 4 is 61.5 Å². The van der Waals surface area contributed by atoms with Crippen molar-refractivity contribution in [2.75, 3.05) is 36.5 Å². The smallest absolute Gasteiger partial charge is 0.270 e. The molecule has 2 aromatic rings. The van der Waals surface area contributed by atoms with Gasteiger partial charge in [-0.2, -0.15) is 0 Å². The molecule has 9 heteroatoms. The summed E-state index contributed by atoms with van der Waals surface area (Å²) in [5.41, 5.74) is 1.49. The number of anilines is 2. The van der Waals surface area contributed by atoms with E-state index in [1.54, 1.807) is 12.1 Å². The first-order valence-corrected chi connectivity index (χ1v) is 9.70. The molecule has 3 rings (SSSR count). The number of ether oxygens (including phenoxy) is 1. The molecule has 1 amide bonds. The Hall–Kier alpha value is -1.72. The molecule has 0 aromatic heterocycles. The number of carbonyl (C=O) groups excluding carboxylic acids is 1. The predicted molar refractivity (Wildman–Crippen MR) is 111 cm³/mol. The summed E-state index contributed by atoms with van der Waals surface area (Å²) >= 11 is 5.51. The van der Waals surface area contributed by atoms with E-state index in [0.29, 0.717) is 37.7 Å². The lowest BCUT2D eigenvalue weighted by atomic mass is 10.1. The van der Waals surface area contributed by atoms with Gasteiger partial charge in [0.1, 0.15) is 0 Å². The lowest BCUT2D eigenvalue weighted by Crippen LogP contribution is -2.37. The van der Waals surface area contributed by atoms with E-state index in [0.717, 1.165) is 8.04 Å². The number of nitrogens with zero attached hydrogens (tertiary/aromatic N) is 2. The van der Waals surface area contributed by atoms with Crippen LogP contribution in [0.5, 0.6) is 0 Å². The number of nitro groups is 1. The van der Waals surface area contributed by atoms with Crippen molar-refractivity contribution < 1.29 is 14.5 Å². The molecule has 7 nitrogen and oxygen atoms in total. The highest BCUT2D eigenvalue weighted by molar-refractivity contribution is 14.1. The second kappa shape index (κ2) is 8.31. The maximum absolute atomic E-state index is 12.9. The minimum absolute atomic E-state index is 0.113. The number of benzene rings is 2. The first-order chi connectivity index (χ1) is 12.5. The Morgan fingerprint density at radius 2 is 1.96 bits per heavy atom. The quantitative estimate of drug-likeness (QED) is 0.365. The minimum atomic E-state index is -0.497. The molecule has 0 radical (unpaired) electrons. The van der Waals surface area contributed by atoms with Crippen LogP contribution in [0.15, 0.2) is 40.9 Å². The average molecular weight is 532 g/mol. The number of morpholine rings is 1. The zero-order chi connectivity index (χ0) is 18.7. The van der Waals surface area contributed by atoms with Crippen LogP contribution in [0.1, 0.15) is 10.4 Å². The Bertz CT molecular complexity index is 856. The molecule has 0 saturated carbocycles. The largest absolute Gasteiger partial charge is 0.378 e. The van der Waals surface area contributed by atoms with Crippen LogP contribution < -0.4 is 10.2 Å². The second-order valence-corrected chi connectivity index (χ2v) is 7.71. The van der Waals surface area contributed by atoms with E-state index in [9.17, 15) is 14.9 Å². The van der Waals surface area contributed by atoms with E-state index in [-0.39, 0.29) is 17.2 Å². The lowest BCUT2D eigenvalue weighted by molar-refractivity contribution is -0.384. The van der Waals surface area contributed by atoms with Gasteiger partial charge in [0.25, 0.3) is 11.6 Å². The molecule has 1 aliphatic heterocycles. The maximum Gasteiger partial charge on any atom is 0.270 e. The van der Waals surface area contributed by atoms with Gasteiger partial charge >= 0.3 is 0 Å². The zero-order valence-corrected chi connectivity index (χ0v) is 17.3. The van der Waals surface area contributed by atoms with Crippen molar-refractivity contribution in [1.29, 1.82) is 0 Å². The van der Waals surface area contributed by atoms with Crippen LogP contribution in [-0.2, 0) is 4.74 Å². The summed E-state index contributed by atoms with van der Waals surface area (Å²) in [6.07, 6.45) is 0. The molecule has 1 fully saturated rings. The van der Waals surface area contributed by atoms with Gasteiger partial charge in [-0.1, -0.05) is 15.9 Å². The summed E-state index contributed by atoms with van der Waals surface area (Å²) in [5.74, 6) is -0.379. The highest BCUT2D eigenvalue weighted by atomic mass is 127. The van der Waals surface area contributed by atoms with Gasteiger partial charge in [-0.15, -0.1) is 0 Å². The highest BCUT2D eigenvalue weighted by Crippen LogP contribution is 2.29. The fourth-order valence-corrected chi connectivity index (χ4v) is 4.12. The normalized spacial score (nSPS) is 14.2. The van der Waals surface area contributed by atoms with Crippen LogP contribution in [0.4, 0.5) is 17.1 Å². The molecule has 1 N–H and O–H groups in total. The summed E-state index contributed by atoms with van der Waals surface area (Å²) in [5, 5.41) is 14.0. The molecular formula is C17H15BrIN3O4. The van der Waals surface area contributed by atoms with E-state index in [4.69, 9.17) is 4.74 Å². The third-order valence-corrected chi connectivity index (χ3v) is 5.35. The number of nitrogens with one attached hydrogen (secondary N) is 1. The van der Waals surface area contributed by atoms with Gasteiger partial charge in [-0.25, -0.2) is 0 Å². The summed E-state index contributed by atoms with van der Waals surface area (Å²) in [6, 6.07) is 9.87. The van der Waals surface area contributed by atoms with Crippen molar-refractivity contribution in [2.45, 2.75) is 0 Å². The maximum atomic E-state index is 12.9. The van der Waals surface area contributed by atoms with Gasteiger partial charge in [-0.05, 0) is 46.9 Å². The first-order valence-electron chi connectivity index (χ1n) is 7.83. The fourth-order valence-electron chi connectivity index (χ4n) is 2.68. The summed E-state index contributed by atoms with van der Waals surface area (Å²) < 4.78 is 7.12. The number of hydrogen-bond donors (Lipinski definition) is 1. The Kier molecular flexibility index (Phi) is 6.09. The van der Waals surface area contributed by atoms with Crippen LogP contribution in [0.2, 0.25) is 0 Å². The van der Waals surface area contributed by atoms with E-state index in [2.05, 4.69) is 43.8 Å². The number of hydrogen-bond acceptors (Lipinski definition) is 5. The van der Waals surface area contributed by atoms with Crippen molar-refractivity contribution in [3.63, 3.8) is 0 Å². The van der Waals surface area contributed by atoms with Gasteiger partial charge in [0, 0.05) is 33.3 Å². The van der Waals surface area contributed by atoms with E-state index in [1.807, 2.05) is 17.0 Å². The number of halogens is 2. The third kappa shape index (κ3) is 4.33. The minimum Gasteiger partial charge on any atom is -0.378 e.